The summed E-state index contributed by atoms with van der Waals surface area (Å²) in [7, 11) is -8.67. The van der Waals surface area contributed by atoms with Crippen molar-refractivity contribution in [1.82, 2.24) is 0 Å². The van der Waals surface area contributed by atoms with Gasteiger partial charge in [0.05, 0.1) is 0 Å². The third kappa shape index (κ3) is 1390. The first-order chi connectivity index (χ1) is 9.34. The smallest absolute Gasteiger partial charge is 1.00 e. The van der Waals surface area contributed by atoms with Crippen molar-refractivity contribution in [3.63, 3.8) is 0 Å². The van der Waals surface area contributed by atoms with Crippen LogP contribution in [0.4, 0.5) is 0 Å². The van der Waals surface area contributed by atoms with Crippen molar-refractivity contribution in [2.24, 2.45) is 0 Å². The Bertz CT molecular complexity index is 112. The number of ether oxygens (including phenoxy) is 1. The van der Waals surface area contributed by atoms with Gasteiger partial charge < -0.3 is 66.5 Å². The van der Waals surface area contributed by atoms with Crippen LogP contribution in [0.1, 0.15) is 15.3 Å². The third-order valence-corrected chi connectivity index (χ3v) is 0.408. The topological polar surface area (TPSA) is 252 Å². The van der Waals surface area contributed by atoms with Gasteiger partial charge in [-0.3, -0.25) is 0 Å². The Hall–Kier alpha value is 0.337. The van der Waals surface area contributed by atoms with Crippen molar-refractivity contribution < 1.29 is 85.3 Å². The molecule has 0 radical (unpaired) electrons. The second-order valence-corrected chi connectivity index (χ2v) is 2.17. The Morgan fingerprint density at radius 3 is 0.636 bits per heavy atom. The SMILES string of the molecule is CCOCC.OB(O)O.OB(O)O.OB(O)O.OB(O)O.[H-].[Li+]. The van der Waals surface area contributed by atoms with Crippen LogP contribution in [0.3, 0.4) is 0 Å². The number of hydrogen-bond acceptors (Lipinski definition) is 13. The summed E-state index contributed by atoms with van der Waals surface area (Å²) in [6, 6.07) is 0. The largest absolute Gasteiger partial charge is 1.00 e. The van der Waals surface area contributed by atoms with Gasteiger partial charge in [-0.05, 0) is 13.8 Å². The summed E-state index contributed by atoms with van der Waals surface area (Å²) in [6.45, 7) is 5.67. The molecule has 0 fully saturated rings. The van der Waals surface area contributed by atoms with Crippen LogP contribution in [0, 0.1) is 0 Å². The molecule has 0 rings (SSSR count). The molecule has 0 atom stereocenters. The Morgan fingerprint density at radius 1 is 0.545 bits per heavy atom. The van der Waals surface area contributed by atoms with Crippen molar-refractivity contribution in [2.75, 3.05) is 13.2 Å². The van der Waals surface area contributed by atoms with Gasteiger partial charge in [0.2, 0.25) is 0 Å². The molecule has 0 aromatic carbocycles. The molecule has 0 saturated heterocycles. The van der Waals surface area contributed by atoms with Crippen LogP contribution in [0.25, 0.3) is 0 Å². The molecule has 0 aliphatic carbocycles. The van der Waals surface area contributed by atoms with E-state index < -0.39 is 29.3 Å². The average molecular weight is 329 g/mol. The van der Waals surface area contributed by atoms with E-state index in [9.17, 15) is 0 Å². The van der Waals surface area contributed by atoms with Crippen LogP contribution in [-0.4, -0.2) is 103 Å². The van der Waals surface area contributed by atoms with Crippen LogP contribution in [0.15, 0.2) is 0 Å². The van der Waals surface area contributed by atoms with Gasteiger partial charge in [-0.2, -0.15) is 0 Å². The first kappa shape index (κ1) is 38.1. The standard InChI is InChI=1S/C4H10O.4BH3O3.Li.H/c1-3-5-4-2;4*2-1(3)4;;/h3-4H2,1-2H3;4*2-4H;;/q;;;;;+1;-1. The van der Waals surface area contributed by atoms with Crippen molar-refractivity contribution in [3.8, 4) is 0 Å². The molecular formula is C4H23B4LiO13. The molecule has 13 nitrogen and oxygen atoms in total. The van der Waals surface area contributed by atoms with Gasteiger partial charge >= 0.3 is 48.1 Å². The Morgan fingerprint density at radius 2 is 0.636 bits per heavy atom. The summed E-state index contributed by atoms with van der Waals surface area (Å²) in [5.41, 5.74) is 0. The van der Waals surface area contributed by atoms with Crippen molar-refractivity contribution in [3.05, 3.63) is 0 Å². The molecule has 12 N–H and O–H groups in total. The second-order valence-electron chi connectivity index (χ2n) is 2.17. The molecule has 130 valence electrons. The molecule has 0 unspecified atom stereocenters. The summed E-state index contributed by atoms with van der Waals surface area (Å²) in [6.07, 6.45) is 0. The van der Waals surface area contributed by atoms with Crippen LogP contribution >= 0.6 is 0 Å². The summed E-state index contributed by atoms with van der Waals surface area (Å²) in [5, 5.41) is 86.0. The molecule has 0 aromatic heterocycles. The van der Waals surface area contributed by atoms with E-state index in [1.54, 1.807) is 0 Å². The Balaban J connectivity index is -0.0000000273. The summed E-state index contributed by atoms with van der Waals surface area (Å²) < 4.78 is 4.83. The maximum absolute atomic E-state index is 7.17. The van der Waals surface area contributed by atoms with Crippen molar-refractivity contribution in [1.29, 1.82) is 0 Å². The van der Waals surface area contributed by atoms with Crippen LogP contribution in [-0.2, 0) is 4.74 Å². The van der Waals surface area contributed by atoms with Crippen LogP contribution < -0.4 is 18.9 Å². The van der Waals surface area contributed by atoms with E-state index in [0.29, 0.717) is 0 Å². The summed E-state index contributed by atoms with van der Waals surface area (Å²) >= 11 is 0. The third-order valence-electron chi connectivity index (χ3n) is 0.408. The van der Waals surface area contributed by atoms with E-state index >= 15 is 0 Å². The van der Waals surface area contributed by atoms with E-state index in [1.165, 1.54) is 0 Å². The van der Waals surface area contributed by atoms with E-state index in [1.807, 2.05) is 13.8 Å². The zero-order valence-electron chi connectivity index (χ0n) is 13.5. The maximum atomic E-state index is 7.17. The van der Waals surface area contributed by atoms with Gasteiger partial charge in [-0.25, -0.2) is 0 Å². The zero-order chi connectivity index (χ0) is 18.4. The van der Waals surface area contributed by atoms with E-state index in [0.717, 1.165) is 13.2 Å². The normalized spacial score (nSPS) is 6.82. The minimum absolute atomic E-state index is 0. The van der Waals surface area contributed by atoms with Crippen molar-refractivity contribution >= 4 is 29.3 Å². The quantitative estimate of drug-likeness (QED) is 0.210. The molecule has 22 heavy (non-hydrogen) atoms. The Labute approximate surface area is 142 Å². The average Bonchev–Trinajstić information content (AvgIpc) is 2.14. The molecule has 0 amide bonds. The van der Waals surface area contributed by atoms with Gasteiger partial charge in [-0.1, -0.05) is 0 Å². The van der Waals surface area contributed by atoms with Crippen molar-refractivity contribution in [2.45, 2.75) is 13.8 Å². The number of rotatable bonds is 2. The first-order valence-corrected chi connectivity index (χ1v) is 5.09. The Kier molecular flexibility index (Phi) is 65.0. The minimum atomic E-state index is -2.17. The molecule has 0 bridgehead atoms. The molecule has 0 aliphatic rings. The minimum Gasteiger partial charge on any atom is -1.00 e. The van der Waals surface area contributed by atoms with Gasteiger partial charge in [0.15, 0.2) is 0 Å². The van der Waals surface area contributed by atoms with Gasteiger partial charge in [0.25, 0.3) is 0 Å². The van der Waals surface area contributed by atoms with Gasteiger partial charge in [0, 0.05) is 13.2 Å². The van der Waals surface area contributed by atoms with E-state index in [2.05, 4.69) is 0 Å². The molecular weight excluding hydrogens is 306 g/mol. The molecule has 0 aliphatic heterocycles. The molecule has 0 aromatic rings. The molecule has 0 spiro atoms. The predicted octanol–water partition coefficient (Wildman–Crippen LogP) is -10.0. The van der Waals surface area contributed by atoms with Crippen LogP contribution in [0.5, 0.6) is 0 Å². The first-order valence-electron chi connectivity index (χ1n) is 5.09. The fraction of sp³-hybridized carbons (Fsp3) is 1.00. The van der Waals surface area contributed by atoms with E-state index in [-0.39, 0.29) is 20.3 Å². The second kappa shape index (κ2) is 37.5. The summed E-state index contributed by atoms with van der Waals surface area (Å²) in [4.78, 5) is 0. The van der Waals surface area contributed by atoms with Crippen LogP contribution in [0.2, 0.25) is 0 Å². The van der Waals surface area contributed by atoms with Gasteiger partial charge in [0.1, 0.15) is 0 Å². The monoisotopic (exact) mass is 330 g/mol. The summed E-state index contributed by atoms with van der Waals surface area (Å²) in [5.74, 6) is 0. The molecule has 18 heteroatoms. The fourth-order valence-corrected chi connectivity index (χ4v) is 0.204. The zero-order valence-corrected chi connectivity index (χ0v) is 12.5. The molecule has 0 heterocycles. The fourth-order valence-electron chi connectivity index (χ4n) is 0.204. The molecule has 0 saturated carbocycles. The maximum Gasteiger partial charge on any atom is 1.00 e. The predicted molar refractivity (Wildman–Crippen MR) is 72.9 cm³/mol. The van der Waals surface area contributed by atoms with E-state index in [4.69, 9.17) is 65.0 Å². The number of hydrogen-bond donors (Lipinski definition) is 12. The van der Waals surface area contributed by atoms with Gasteiger partial charge in [-0.15, -0.1) is 0 Å².